The molecule has 0 N–H and O–H groups in total. The highest BCUT2D eigenvalue weighted by atomic mass is 15.3. The maximum absolute atomic E-state index is 4.57. The van der Waals surface area contributed by atoms with E-state index in [-0.39, 0.29) is 0 Å². The van der Waals surface area contributed by atoms with Gasteiger partial charge in [0.05, 0.1) is 11.2 Å². The Kier molecular flexibility index (Phi) is 2.81. The third kappa shape index (κ3) is 1.99. The second kappa shape index (κ2) is 4.61. The van der Waals surface area contributed by atoms with Crippen molar-refractivity contribution in [2.24, 2.45) is 0 Å². The normalized spacial score (nSPS) is 10.9. The van der Waals surface area contributed by atoms with E-state index in [1.165, 1.54) is 17.4 Å². The lowest BCUT2D eigenvalue weighted by atomic mass is 10.1. The van der Waals surface area contributed by atoms with E-state index in [4.69, 9.17) is 0 Å². The number of rotatable bonds is 3. The van der Waals surface area contributed by atoms with E-state index in [1.54, 1.807) is 12.4 Å². The zero-order valence-corrected chi connectivity index (χ0v) is 10.4. The van der Waals surface area contributed by atoms with Crippen LogP contribution in [0.15, 0.2) is 48.9 Å². The summed E-state index contributed by atoms with van der Waals surface area (Å²) in [5.74, 6) is 0. The summed E-state index contributed by atoms with van der Waals surface area (Å²) in [7, 11) is 0. The van der Waals surface area contributed by atoms with E-state index in [9.17, 15) is 0 Å². The summed E-state index contributed by atoms with van der Waals surface area (Å²) in [6, 6.07) is 10.4. The molecule has 0 unspecified atom stereocenters. The highest BCUT2D eigenvalue weighted by Crippen LogP contribution is 2.17. The van der Waals surface area contributed by atoms with E-state index < -0.39 is 0 Å². The molecule has 0 atom stereocenters. The van der Waals surface area contributed by atoms with E-state index in [0.717, 1.165) is 17.6 Å². The van der Waals surface area contributed by atoms with Crippen LogP contribution in [0.1, 0.15) is 18.9 Å². The van der Waals surface area contributed by atoms with Crippen LogP contribution in [0.5, 0.6) is 0 Å². The summed E-state index contributed by atoms with van der Waals surface area (Å²) in [5.41, 5.74) is 3.45. The SMILES string of the molecule is CCCc1ccc2nn(-c3ccncc3)cc2c1. The van der Waals surface area contributed by atoms with Crippen molar-refractivity contribution in [3.63, 3.8) is 0 Å². The zero-order valence-electron chi connectivity index (χ0n) is 10.4. The van der Waals surface area contributed by atoms with Gasteiger partial charge in [0.1, 0.15) is 0 Å². The van der Waals surface area contributed by atoms with Crippen molar-refractivity contribution >= 4 is 10.9 Å². The van der Waals surface area contributed by atoms with Crippen LogP contribution in [-0.2, 0) is 6.42 Å². The maximum atomic E-state index is 4.57. The van der Waals surface area contributed by atoms with E-state index in [0.29, 0.717) is 0 Å². The number of fused-ring (bicyclic) bond motifs is 1. The van der Waals surface area contributed by atoms with Gasteiger partial charge >= 0.3 is 0 Å². The number of aryl methyl sites for hydroxylation is 1. The van der Waals surface area contributed by atoms with Gasteiger partial charge in [-0.3, -0.25) is 4.98 Å². The molecule has 2 aromatic heterocycles. The summed E-state index contributed by atoms with van der Waals surface area (Å²) in [5, 5.41) is 5.77. The van der Waals surface area contributed by atoms with Gasteiger partial charge in [0.2, 0.25) is 0 Å². The van der Waals surface area contributed by atoms with Crippen molar-refractivity contribution in [3.8, 4) is 5.69 Å². The van der Waals surface area contributed by atoms with Crippen LogP contribution in [0.25, 0.3) is 16.6 Å². The summed E-state index contributed by atoms with van der Waals surface area (Å²) in [4.78, 5) is 4.02. The van der Waals surface area contributed by atoms with Gasteiger partial charge in [0.25, 0.3) is 0 Å². The fourth-order valence-electron chi connectivity index (χ4n) is 2.15. The first-order valence-electron chi connectivity index (χ1n) is 6.25. The minimum Gasteiger partial charge on any atom is -0.265 e. The first kappa shape index (κ1) is 11.0. The van der Waals surface area contributed by atoms with Crippen molar-refractivity contribution in [2.75, 3.05) is 0 Å². The Morgan fingerprint density at radius 2 is 1.94 bits per heavy atom. The molecular formula is C15H15N3. The molecule has 0 amide bonds. The topological polar surface area (TPSA) is 30.7 Å². The molecule has 90 valence electrons. The third-order valence-electron chi connectivity index (χ3n) is 3.03. The summed E-state index contributed by atoms with van der Waals surface area (Å²) in [6.45, 7) is 2.20. The monoisotopic (exact) mass is 237 g/mol. The molecule has 0 radical (unpaired) electrons. The van der Waals surface area contributed by atoms with E-state index >= 15 is 0 Å². The quantitative estimate of drug-likeness (QED) is 0.699. The van der Waals surface area contributed by atoms with Gasteiger partial charge in [0, 0.05) is 24.0 Å². The Morgan fingerprint density at radius 3 is 2.72 bits per heavy atom. The molecule has 3 rings (SSSR count). The minimum absolute atomic E-state index is 1.03. The predicted octanol–water partition coefficient (Wildman–Crippen LogP) is 3.37. The lowest BCUT2D eigenvalue weighted by Gasteiger charge is -1.97. The first-order chi connectivity index (χ1) is 8.86. The molecule has 3 nitrogen and oxygen atoms in total. The highest BCUT2D eigenvalue weighted by Gasteiger charge is 2.03. The Labute approximate surface area is 106 Å². The van der Waals surface area contributed by atoms with Crippen LogP contribution in [0.3, 0.4) is 0 Å². The van der Waals surface area contributed by atoms with E-state index in [1.807, 2.05) is 16.8 Å². The van der Waals surface area contributed by atoms with Gasteiger partial charge in [-0.1, -0.05) is 19.4 Å². The average Bonchev–Trinajstić information content (AvgIpc) is 2.83. The van der Waals surface area contributed by atoms with Crippen molar-refractivity contribution in [3.05, 3.63) is 54.5 Å². The molecule has 0 aliphatic carbocycles. The molecule has 18 heavy (non-hydrogen) atoms. The Balaban J connectivity index is 2.06. The van der Waals surface area contributed by atoms with Crippen LogP contribution in [0.4, 0.5) is 0 Å². The van der Waals surface area contributed by atoms with Gasteiger partial charge in [-0.2, -0.15) is 5.10 Å². The number of aromatic nitrogens is 3. The third-order valence-corrected chi connectivity index (χ3v) is 3.03. The van der Waals surface area contributed by atoms with Crippen LogP contribution >= 0.6 is 0 Å². The van der Waals surface area contributed by atoms with Crippen molar-refractivity contribution in [1.29, 1.82) is 0 Å². The van der Waals surface area contributed by atoms with Gasteiger partial charge < -0.3 is 0 Å². The molecule has 0 saturated carbocycles. The molecule has 0 fully saturated rings. The number of nitrogens with zero attached hydrogens (tertiary/aromatic N) is 3. The lowest BCUT2D eigenvalue weighted by Crippen LogP contribution is -1.93. The second-order valence-corrected chi connectivity index (χ2v) is 4.42. The second-order valence-electron chi connectivity index (χ2n) is 4.42. The van der Waals surface area contributed by atoms with Gasteiger partial charge in [-0.25, -0.2) is 4.68 Å². The van der Waals surface area contributed by atoms with Gasteiger partial charge in [-0.05, 0) is 36.2 Å². The molecule has 2 heterocycles. The first-order valence-corrected chi connectivity index (χ1v) is 6.25. The number of benzene rings is 1. The minimum atomic E-state index is 1.03. The van der Waals surface area contributed by atoms with Crippen LogP contribution in [0.2, 0.25) is 0 Å². The zero-order chi connectivity index (χ0) is 12.4. The van der Waals surface area contributed by atoms with Gasteiger partial charge in [0.15, 0.2) is 0 Å². The Bertz CT molecular complexity index is 656. The van der Waals surface area contributed by atoms with Crippen molar-refractivity contribution < 1.29 is 0 Å². The summed E-state index contributed by atoms with van der Waals surface area (Å²) in [6.07, 6.45) is 7.93. The molecule has 0 bridgehead atoms. The molecule has 0 aliphatic rings. The van der Waals surface area contributed by atoms with Crippen LogP contribution < -0.4 is 0 Å². The van der Waals surface area contributed by atoms with Crippen molar-refractivity contribution in [1.82, 2.24) is 14.8 Å². The smallest absolute Gasteiger partial charge is 0.0927 e. The number of hydrogen-bond donors (Lipinski definition) is 0. The molecule has 3 heteroatoms. The standard InChI is InChI=1S/C15H15N3/c1-2-3-12-4-5-15-13(10-12)11-18(17-15)14-6-8-16-9-7-14/h4-11H,2-3H2,1H3. The molecule has 0 spiro atoms. The Morgan fingerprint density at radius 1 is 1.11 bits per heavy atom. The molecule has 0 aliphatic heterocycles. The Hall–Kier alpha value is -2.16. The average molecular weight is 237 g/mol. The summed E-state index contributed by atoms with van der Waals surface area (Å²) < 4.78 is 1.90. The molecule has 1 aromatic carbocycles. The maximum Gasteiger partial charge on any atom is 0.0927 e. The predicted molar refractivity (Wildman–Crippen MR) is 72.9 cm³/mol. The molecule has 3 aromatic rings. The fraction of sp³-hybridized carbons (Fsp3) is 0.200. The lowest BCUT2D eigenvalue weighted by molar-refractivity contribution is 0.893. The number of pyridine rings is 1. The van der Waals surface area contributed by atoms with Crippen molar-refractivity contribution in [2.45, 2.75) is 19.8 Å². The summed E-state index contributed by atoms with van der Waals surface area (Å²) >= 11 is 0. The fourth-order valence-corrected chi connectivity index (χ4v) is 2.15. The molecule has 0 saturated heterocycles. The highest BCUT2D eigenvalue weighted by molar-refractivity contribution is 5.79. The van der Waals surface area contributed by atoms with Crippen LogP contribution in [0, 0.1) is 0 Å². The number of hydrogen-bond acceptors (Lipinski definition) is 2. The van der Waals surface area contributed by atoms with Crippen LogP contribution in [-0.4, -0.2) is 14.8 Å². The largest absolute Gasteiger partial charge is 0.265 e. The molecular weight excluding hydrogens is 222 g/mol. The van der Waals surface area contributed by atoms with Gasteiger partial charge in [-0.15, -0.1) is 0 Å². The van der Waals surface area contributed by atoms with E-state index in [2.05, 4.69) is 41.4 Å².